The number of hydrazine groups is 1. The molecule has 0 aliphatic heterocycles. The molecule has 1 fully saturated rings. The van der Waals surface area contributed by atoms with Crippen molar-refractivity contribution in [2.75, 3.05) is 6.54 Å². The standard InChI is InChI=1S/C6H12N2O/c9-5-8-7-4-3-6-1-2-6/h5-7H,1-4H2,(H,8,9). The summed E-state index contributed by atoms with van der Waals surface area (Å²) >= 11 is 0. The van der Waals surface area contributed by atoms with Gasteiger partial charge < -0.3 is 0 Å². The number of rotatable bonds is 5. The predicted molar refractivity (Wildman–Crippen MR) is 34.5 cm³/mol. The molecule has 3 heteroatoms. The van der Waals surface area contributed by atoms with E-state index in [2.05, 4.69) is 10.9 Å². The summed E-state index contributed by atoms with van der Waals surface area (Å²) < 4.78 is 0. The fourth-order valence-electron chi connectivity index (χ4n) is 0.797. The van der Waals surface area contributed by atoms with Crippen LogP contribution in [-0.2, 0) is 4.79 Å². The van der Waals surface area contributed by atoms with E-state index in [1.807, 2.05) is 0 Å². The number of amides is 1. The average Bonchev–Trinajstić information content (AvgIpc) is 2.63. The molecule has 0 saturated heterocycles. The molecule has 1 rings (SSSR count). The monoisotopic (exact) mass is 128 g/mol. The maximum absolute atomic E-state index is 9.69. The molecule has 3 nitrogen and oxygen atoms in total. The highest BCUT2D eigenvalue weighted by Crippen LogP contribution is 2.31. The van der Waals surface area contributed by atoms with E-state index in [-0.39, 0.29) is 0 Å². The summed E-state index contributed by atoms with van der Waals surface area (Å²) in [4.78, 5) is 9.69. The number of carbonyl (C=O) groups is 1. The van der Waals surface area contributed by atoms with E-state index in [0.717, 1.165) is 12.5 Å². The summed E-state index contributed by atoms with van der Waals surface area (Å²) in [5.41, 5.74) is 5.19. The zero-order valence-electron chi connectivity index (χ0n) is 5.39. The first-order valence-electron chi connectivity index (χ1n) is 3.35. The van der Waals surface area contributed by atoms with Crippen molar-refractivity contribution in [3.8, 4) is 0 Å². The zero-order valence-corrected chi connectivity index (χ0v) is 5.39. The van der Waals surface area contributed by atoms with Gasteiger partial charge in [-0.05, 0) is 12.3 Å². The summed E-state index contributed by atoms with van der Waals surface area (Å²) in [6, 6.07) is 0. The van der Waals surface area contributed by atoms with Gasteiger partial charge in [-0.25, -0.2) is 5.43 Å². The van der Waals surface area contributed by atoms with Crippen LogP contribution < -0.4 is 10.9 Å². The molecule has 0 bridgehead atoms. The van der Waals surface area contributed by atoms with Gasteiger partial charge in [-0.3, -0.25) is 10.2 Å². The Morgan fingerprint density at radius 2 is 2.33 bits per heavy atom. The molecule has 1 amide bonds. The maximum Gasteiger partial charge on any atom is 0.221 e. The van der Waals surface area contributed by atoms with Gasteiger partial charge in [-0.1, -0.05) is 12.8 Å². The molecule has 1 aliphatic rings. The van der Waals surface area contributed by atoms with E-state index >= 15 is 0 Å². The topological polar surface area (TPSA) is 41.1 Å². The molecular weight excluding hydrogens is 116 g/mol. The van der Waals surface area contributed by atoms with Crippen LogP contribution in [0.1, 0.15) is 19.3 Å². The van der Waals surface area contributed by atoms with Gasteiger partial charge >= 0.3 is 0 Å². The van der Waals surface area contributed by atoms with Gasteiger partial charge in [-0.15, -0.1) is 0 Å². The number of carbonyl (C=O) groups excluding carboxylic acids is 1. The first-order valence-corrected chi connectivity index (χ1v) is 3.35. The molecule has 2 N–H and O–H groups in total. The molecular formula is C6H12N2O. The Morgan fingerprint density at radius 1 is 1.56 bits per heavy atom. The molecule has 0 aromatic carbocycles. The molecule has 0 spiro atoms. The zero-order chi connectivity index (χ0) is 6.53. The lowest BCUT2D eigenvalue weighted by Crippen LogP contribution is -2.31. The summed E-state index contributed by atoms with van der Waals surface area (Å²) in [6.45, 7) is 0.906. The van der Waals surface area contributed by atoms with Crippen LogP contribution in [-0.4, -0.2) is 13.0 Å². The third kappa shape index (κ3) is 3.08. The van der Waals surface area contributed by atoms with Crippen LogP contribution in [0.15, 0.2) is 0 Å². The summed E-state index contributed by atoms with van der Waals surface area (Å²) in [5, 5.41) is 0. The molecule has 1 saturated carbocycles. The van der Waals surface area contributed by atoms with E-state index in [1.165, 1.54) is 19.3 Å². The van der Waals surface area contributed by atoms with Crippen LogP contribution in [0.5, 0.6) is 0 Å². The Kier molecular flexibility index (Phi) is 2.51. The van der Waals surface area contributed by atoms with Gasteiger partial charge in [0, 0.05) is 6.54 Å². The van der Waals surface area contributed by atoms with E-state index in [0.29, 0.717) is 6.41 Å². The molecule has 0 heterocycles. The largest absolute Gasteiger partial charge is 0.294 e. The van der Waals surface area contributed by atoms with Crippen molar-refractivity contribution in [2.45, 2.75) is 19.3 Å². The van der Waals surface area contributed by atoms with Gasteiger partial charge in [0.15, 0.2) is 0 Å². The van der Waals surface area contributed by atoms with Crippen molar-refractivity contribution in [2.24, 2.45) is 5.92 Å². The molecule has 52 valence electrons. The van der Waals surface area contributed by atoms with E-state index < -0.39 is 0 Å². The Hall–Kier alpha value is -0.570. The van der Waals surface area contributed by atoms with Gasteiger partial charge in [0.05, 0.1) is 0 Å². The third-order valence-corrected chi connectivity index (χ3v) is 1.54. The highest BCUT2D eigenvalue weighted by Gasteiger charge is 2.19. The van der Waals surface area contributed by atoms with Crippen LogP contribution in [0, 0.1) is 5.92 Å². The van der Waals surface area contributed by atoms with Crippen LogP contribution >= 0.6 is 0 Å². The number of hydrogen-bond acceptors (Lipinski definition) is 2. The van der Waals surface area contributed by atoms with E-state index in [4.69, 9.17) is 0 Å². The Labute approximate surface area is 54.8 Å². The SMILES string of the molecule is O=CNNCCC1CC1. The quantitative estimate of drug-likeness (QED) is 0.312. The maximum atomic E-state index is 9.69. The normalized spacial score (nSPS) is 17.3. The second-order valence-electron chi connectivity index (χ2n) is 2.42. The Morgan fingerprint density at radius 3 is 2.89 bits per heavy atom. The average molecular weight is 128 g/mol. The first-order chi connectivity index (χ1) is 4.43. The van der Waals surface area contributed by atoms with Gasteiger partial charge in [0.1, 0.15) is 0 Å². The lowest BCUT2D eigenvalue weighted by atomic mass is 10.3. The molecule has 0 aromatic heterocycles. The van der Waals surface area contributed by atoms with Crippen molar-refractivity contribution in [1.82, 2.24) is 10.9 Å². The minimum absolute atomic E-state index is 0.660. The molecule has 1 aliphatic carbocycles. The number of hydrogen-bond donors (Lipinski definition) is 2. The first kappa shape index (κ1) is 6.55. The summed E-state index contributed by atoms with van der Waals surface area (Å²) in [6.07, 6.45) is 4.61. The van der Waals surface area contributed by atoms with Gasteiger partial charge in [0.25, 0.3) is 0 Å². The fraction of sp³-hybridized carbons (Fsp3) is 0.833. The minimum atomic E-state index is 0.660. The van der Waals surface area contributed by atoms with Crippen molar-refractivity contribution < 1.29 is 4.79 Å². The molecule has 0 unspecified atom stereocenters. The van der Waals surface area contributed by atoms with E-state index in [9.17, 15) is 4.79 Å². The van der Waals surface area contributed by atoms with Gasteiger partial charge in [-0.2, -0.15) is 0 Å². The van der Waals surface area contributed by atoms with Crippen molar-refractivity contribution in [3.63, 3.8) is 0 Å². The molecule has 0 radical (unpaired) electrons. The lowest BCUT2D eigenvalue weighted by molar-refractivity contribution is -0.110. The minimum Gasteiger partial charge on any atom is -0.294 e. The van der Waals surface area contributed by atoms with Crippen LogP contribution in [0.25, 0.3) is 0 Å². The van der Waals surface area contributed by atoms with E-state index in [1.54, 1.807) is 0 Å². The Balaban J connectivity index is 1.75. The van der Waals surface area contributed by atoms with Crippen molar-refractivity contribution >= 4 is 6.41 Å². The summed E-state index contributed by atoms with van der Waals surface area (Å²) in [7, 11) is 0. The predicted octanol–water partition coefficient (Wildman–Crippen LogP) is 0.0371. The molecule has 0 aromatic rings. The lowest BCUT2D eigenvalue weighted by Gasteiger charge is -1.98. The molecule has 0 atom stereocenters. The Bertz CT molecular complexity index is 91.1. The number of nitrogens with one attached hydrogen (secondary N) is 2. The highest BCUT2D eigenvalue weighted by atomic mass is 16.1. The van der Waals surface area contributed by atoms with Crippen LogP contribution in [0.3, 0.4) is 0 Å². The smallest absolute Gasteiger partial charge is 0.221 e. The molecule has 9 heavy (non-hydrogen) atoms. The van der Waals surface area contributed by atoms with Gasteiger partial charge in [0.2, 0.25) is 6.41 Å². The van der Waals surface area contributed by atoms with Crippen LogP contribution in [0.4, 0.5) is 0 Å². The fourth-order valence-corrected chi connectivity index (χ4v) is 0.797. The second-order valence-corrected chi connectivity index (χ2v) is 2.42. The van der Waals surface area contributed by atoms with Crippen LogP contribution in [0.2, 0.25) is 0 Å². The third-order valence-electron chi connectivity index (χ3n) is 1.54. The van der Waals surface area contributed by atoms with Crippen molar-refractivity contribution in [3.05, 3.63) is 0 Å². The van der Waals surface area contributed by atoms with Crippen molar-refractivity contribution in [1.29, 1.82) is 0 Å². The highest BCUT2D eigenvalue weighted by molar-refractivity contribution is 5.44. The second kappa shape index (κ2) is 3.45. The summed E-state index contributed by atoms with van der Waals surface area (Å²) in [5.74, 6) is 0.936.